The molecule has 2 aromatic carbocycles. The van der Waals surface area contributed by atoms with Crippen LogP contribution in [0.5, 0.6) is 0 Å². The Morgan fingerprint density at radius 3 is 2.41 bits per heavy atom. The van der Waals surface area contributed by atoms with E-state index in [2.05, 4.69) is 52.3 Å². The van der Waals surface area contributed by atoms with E-state index in [9.17, 15) is 0 Å². The maximum absolute atomic E-state index is 6.06. The summed E-state index contributed by atoms with van der Waals surface area (Å²) in [7, 11) is 0. The molecule has 3 atom stereocenters. The highest BCUT2D eigenvalue weighted by Crippen LogP contribution is 2.36. The predicted octanol–water partition coefficient (Wildman–Crippen LogP) is 3.89. The highest BCUT2D eigenvalue weighted by molar-refractivity contribution is 5.85. The van der Waals surface area contributed by atoms with E-state index in [4.69, 9.17) is 10.3 Å². The predicted molar refractivity (Wildman–Crippen MR) is 109 cm³/mol. The fraction of sp³-hybridized carbons (Fsp3) is 0.333. The molecule has 1 aliphatic rings. The van der Waals surface area contributed by atoms with Crippen molar-refractivity contribution in [2.45, 2.75) is 18.9 Å². The van der Waals surface area contributed by atoms with Gasteiger partial charge >= 0.3 is 0 Å². The molecule has 0 spiro atoms. The Morgan fingerprint density at radius 2 is 1.74 bits per heavy atom. The largest absolute Gasteiger partial charge is 0.337 e. The van der Waals surface area contributed by atoms with Crippen LogP contribution >= 0.6 is 12.4 Å². The van der Waals surface area contributed by atoms with Gasteiger partial charge in [-0.2, -0.15) is 4.98 Å². The van der Waals surface area contributed by atoms with E-state index >= 15 is 0 Å². The summed E-state index contributed by atoms with van der Waals surface area (Å²) in [6.45, 7) is 4.71. The van der Waals surface area contributed by atoms with Crippen molar-refractivity contribution in [3.05, 3.63) is 72.1 Å². The number of hydrogen-bond acceptors (Lipinski definition) is 5. The van der Waals surface area contributed by atoms with Crippen LogP contribution < -0.4 is 5.73 Å². The zero-order chi connectivity index (χ0) is 17.9. The van der Waals surface area contributed by atoms with Crippen LogP contribution in [-0.2, 0) is 0 Å². The van der Waals surface area contributed by atoms with Crippen molar-refractivity contribution < 1.29 is 4.52 Å². The Kier molecular flexibility index (Phi) is 6.26. The summed E-state index contributed by atoms with van der Waals surface area (Å²) in [5.74, 6) is 2.19. The number of likely N-dealkylation sites (tertiary alicyclic amines) is 1. The topological polar surface area (TPSA) is 68.2 Å². The van der Waals surface area contributed by atoms with Crippen LogP contribution in [0.15, 0.2) is 65.2 Å². The molecule has 6 heteroatoms. The van der Waals surface area contributed by atoms with Gasteiger partial charge in [0, 0.05) is 24.6 Å². The van der Waals surface area contributed by atoms with Gasteiger partial charge in [0.05, 0.1) is 6.04 Å². The molecule has 2 N–H and O–H groups in total. The molecule has 0 radical (unpaired) electrons. The van der Waals surface area contributed by atoms with E-state index < -0.39 is 0 Å². The Labute approximate surface area is 166 Å². The second-order valence-electron chi connectivity index (χ2n) is 6.97. The van der Waals surface area contributed by atoms with Crippen molar-refractivity contribution in [3.63, 3.8) is 0 Å². The molecule has 1 fully saturated rings. The van der Waals surface area contributed by atoms with E-state index in [0.29, 0.717) is 30.1 Å². The minimum Gasteiger partial charge on any atom is -0.337 e. The molecule has 0 bridgehead atoms. The molecule has 4 rings (SSSR count). The van der Waals surface area contributed by atoms with Crippen LogP contribution in [-0.4, -0.2) is 34.7 Å². The van der Waals surface area contributed by atoms with Gasteiger partial charge in [0.2, 0.25) is 11.7 Å². The number of rotatable bonds is 5. The van der Waals surface area contributed by atoms with E-state index in [1.54, 1.807) is 0 Å². The van der Waals surface area contributed by atoms with Gasteiger partial charge in [-0.3, -0.25) is 4.90 Å². The number of nitrogens with two attached hydrogens (primary N) is 1. The Hall–Kier alpha value is -2.21. The number of aromatic nitrogens is 2. The first kappa shape index (κ1) is 19.5. The molecular formula is C21H25ClN4O. The van der Waals surface area contributed by atoms with E-state index in [1.165, 1.54) is 5.56 Å². The first-order chi connectivity index (χ1) is 12.8. The van der Waals surface area contributed by atoms with Crippen LogP contribution in [0.1, 0.15) is 30.3 Å². The second-order valence-corrected chi connectivity index (χ2v) is 6.97. The van der Waals surface area contributed by atoms with Crippen molar-refractivity contribution in [1.82, 2.24) is 15.0 Å². The molecule has 2 heterocycles. The third-order valence-electron chi connectivity index (χ3n) is 5.38. The van der Waals surface area contributed by atoms with Crippen LogP contribution in [0.4, 0.5) is 0 Å². The molecule has 0 aliphatic carbocycles. The van der Waals surface area contributed by atoms with Crippen molar-refractivity contribution in [3.8, 4) is 11.4 Å². The number of halogens is 1. The molecule has 3 aromatic rings. The lowest BCUT2D eigenvalue weighted by molar-refractivity contribution is 0.202. The lowest BCUT2D eigenvalue weighted by atomic mass is 9.89. The summed E-state index contributed by atoms with van der Waals surface area (Å²) < 4.78 is 5.57. The van der Waals surface area contributed by atoms with Gasteiger partial charge in [-0.05, 0) is 24.9 Å². The van der Waals surface area contributed by atoms with Gasteiger partial charge in [0.25, 0.3) is 0 Å². The Morgan fingerprint density at radius 1 is 1.07 bits per heavy atom. The lowest BCUT2D eigenvalue weighted by Gasteiger charge is -2.21. The monoisotopic (exact) mass is 384 g/mol. The molecule has 1 saturated heterocycles. The number of benzene rings is 2. The van der Waals surface area contributed by atoms with Gasteiger partial charge < -0.3 is 10.3 Å². The average Bonchev–Trinajstić information content (AvgIpc) is 3.36. The van der Waals surface area contributed by atoms with Crippen molar-refractivity contribution in [2.75, 3.05) is 19.6 Å². The van der Waals surface area contributed by atoms with Gasteiger partial charge in [-0.25, -0.2) is 0 Å². The number of nitrogens with zero attached hydrogens (tertiary/aromatic N) is 3. The minimum atomic E-state index is 0. The minimum absolute atomic E-state index is 0. The number of hydrogen-bond donors (Lipinski definition) is 1. The summed E-state index contributed by atoms with van der Waals surface area (Å²) in [5.41, 5.74) is 8.39. The van der Waals surface area contributed by atoms with Gasteiger partial charge in [-0.15, -0.1) is 12.4 Å². The van der Waals surface area contributed by atoms with Gasteiger partial charge in [0.15, 0.2) is 0 Å². The van der Waals surface area contributed by atoms with Crippen molar-refractivity contribution in [2.24, 2.45) is 11.7 Å². The third kappa shape index (κ3) is 4.05. The molecular weight excluding hydrogens is 360 g/mol. The molecule has 1 aliphatic heterocycles. The highest BCUT2D eigenvalue weighted by atomic mass is 35.5. The lowest BCUT2D eigenvalue weighted by Crippen LogP contribution is -2.26. The molecule has 142 valence electrons. The fourth-order valence-corrected chi connectivity index (χ4v) is 3.80. The van der Waals surface area contributed by atoms with E-state index in [1.807, 2.05) is 30.3 Å². The van der Waals surface area contributed by atoms with Crippen molar-refractivity contribution in [1.29, 1.82) is 0 Å². The quantitative estimate of drug-likeness (QED) is 0.722. The van der Waals surface area contributed by atoms with Crippen LogP contribution in [0.2, 0.25) is 0 Å². The molecule has 1 unspecified atom stereocenters. The van der Waals surface area contributed by atoms with Crippen LogP contribution in [0.25, 0.3) is 11.4 Å². The summed E-state index contributed by atoms with van der Waals surface area (Å²) in [6, 6.07) is 20.6. The van der Waals surface area contributed by atoms with Crippen molar-refractivity contribution >= 4 is 12.4 Å². The standard InChI is InChI=1S/C21H24N4O.ClH/c1-15(21-23-20(24-26-21)17-10-6-3-7-11-17)25-13-18(12-22)19(14-25)16-8-4-2-5-9-16;/h2-11,15,18-19H,12-14,22H2,1H3;1H/t15?,18-,19+;/m1./s1. The molecule has 1 aromatic heterocycles. The zero-order valence-corrected chi connectivity index (χ0v) is 16.2. The highest BCUT2D eigenvalue weighted by Gasteiger charge is 2.36. The SMILES string of the molecule is CC(c1nc(-c2ccccc2)no1)N1C[C@@H](CN)[C@H](c2ccccc2)C1.Cl. The average molecular weight is 385 g/mol. The van der Waals surface area contributed by atoms with Gasteiger partial charge in [-0.1, -0.05) is 65.8 Å². The first-order valence-corrected chi connectivity index (χ1v) is 9.14. The summed E-state index contributed by atoms with van der Waals surface area (Å²) in [4.78, 5) is 7.02. The van der Waals surface area contributed by atoms with E-state index in [-0.39, 0.29) is 18.4 Å². The molecule has 5 nitrogen and oxygen atoms in total. The molecule has 0 saturated carbocycles. The smallest absolute Gasteiger partial charge is 0.244 e. The molecule has 0 amide bonds. The summed E-state index contributed by atoms with van der Waals surface area (Å²) >= 11 is 0. The zero-order valence-electron chi connectivity index (χ0n) is 15.4. The van der Waals surface area contributed by atoms with E-state index in [0.717, 1.165) is 18.7 Å². The fourth-order valence-electron chi connectivity index (χ4n) is 3.80. The van der Waals surface area contributed by atoms with Crippen LogP contribution in [0, 0.1) is 5.92 Å². The second kappa shape index (κ2) is 8.65. The Bertz CT molecular complexity index is 840. The maximum Gasteiger partial charge on any atom is 0.244 e. The third-order valence-corrected chi connectivity index (χ3v) is 5.38. The normalized spacial score (nSPS) is 21.0. The summed E-state index contributed by atoms with van der Waals surface area (Å²) in [5, 5.41) is 4.16. The first-order valence-electron chi connectivity index (χ1n) is 9.14. The molecule has 27 heavy (non-hydrogen) atoms. The van der Waals surface area contributed by atoms with Crippen LogP contribution in [0.3, 0.4) is 0 Å². The summed E-state index contributed by atoms with van der Waals surface area (Å²) in [6.07, 6.45) is 0. The Balaban J connectivity index is 0.00000210. The van der Waals surface area contributed by atoms with Gasteiger partial charge in [0.1, 0.15) is 0 Å². The maximum atomic E-state index is 6.06.